The van der Waals surface area contributed by atoms with E-state index in [9.17, 15) is 4.79 Å². The first-order chi connectivity index (χ1) is 12.3. The minimum absolute atomic E-state index is 0.0787. The lowest BCUT2D eigenvalue weighted by molar-refractivity contribution is -0.115. The average molecular weight is 369 g/mol. The van der Waals surface area contributed by atoms with E-state index < -0.39 is 0 Å². The molecule has 0 saturated heterocycles. The van der Waals surface area contributed by atoms with Crippen molar-refractivity contribution in [2.45, 2.75) is 46.1 Å². The summed E-state index contributed by atoms with van der Waals surface area (Å²) >= 11 is 1.56. The number of nitrogens with zero attached hydrogens (tertiary/aromatic N) is 3. The van der Waals surface area contributed by atoms with Gasteiger partial charge in [-0.2, -0.15) is 5.10 Å². The van der Waals surface area contributed by atoms with Gasteiger partial charge in [-0.1, -0.05) is 51.1 Å². The molecule has 0 unspecified atom stereocenters. The Morgan fingerprint density at radius 2 is 1.96 bits per heavy atom. The number of nitrogens with one attached hydrogen (secondary N) is 1. The normalized spacial score (nSPS) is 11.5. The van der Waals surface area contributed by atoms with Crippen molar-refractivity contribution in [3.63, 3.8) is 0 Å². The van der Waals surface area contributed by atoms with Gasteiger partial charge in [0.15, 0.2) is 0 Å². The summed E-state index contributed by atoms with van der Waals surface area (Å²) in [7, 11) is 0. The number of hydrogen-bond acceptors (Lipinski definition) is 4. The molecule has 0 atom stereocenters. The molecule has 0 aliphatic carbocycles. The summed E-state index contributed by atoms with van der Waals surface area (Å²) in [5, 5.41) is 10.6. The van der Waals surface area contributed by atoms with Crippen LogP contribution in [-0.2, 0) is 23.2 Å². The molecule has 0 aliphatic rings. The van der Waals surface area contributed by atoms with E-state index in [1.165, 1.54) is 0 Å². The summed E-state index contributed by atoms with van der Waals surface area (Å²) < 4.78 is 1.86. The van der Waals surface area contributed by atoms with Gasteiger partial charge in [0.1, 0.15) is 5.82 Å². The van der Waals surface area contributed by atoms with Crippen molar-refractivity contribution < 1.29 is 4.79 Å². The van der Waals surface area contributed by atoms with E-state index in [4.69, 9.17) is 5.10 Å². The third kappa shape index (κ3) is 4.58. The van der Waals surface area contributed by atoms with E-state index in [1.54, 1.807) is 11.3 Å². The van der Waals surface area contributed by atoms with Crippen molar-refractivity contribution >= 4 is 23.1 Å². The zero-order valence-corrected chi connectivity index (χ0v) is 16.4. The molecule has 136 valence electrons. The first-order valence-corrected chi connectivity index (χ1v) is 9.52. The van der Waals surface area contributed by atoms with Crippen LogP contribution >= 0.6 is 11.3 Å². The van der Waals surface area contributed by atoms with Crippen LogP contribution < -0.4 is 5.32 Å². The fraction of sp³-hybridized carbons (Fsp3) is 0.350. The molecule has 1 aromatic carbocycles. The Labute approximate surface area is 158 Å². The topological polar surface area (TPSA) is 59.8 Å². The van der Waals surface area contributed by atoms with Crippen LogP contribution in [0.25, 0.3) is 0 Å². The van der Waals surface area contributed by atoms with Gasteiger partial charge in [-0.3, -0.25) is 4.79 Å². The van der Waals surface area contributed by atoms with Crippen molar-refractivity contribution in [1.29, 1.82) is 0 Å². The molecule has 0 spiro atoms. The lowest BCUT2D eigenvalue weighted by atomic mass is 9.92. The summed E-state index contributed by atoms with van der Waals surface area (Å²) in [5.41, 5.74) is 2.80. The molecule has 3 rings (SSSR count). The molecule has 1 N–H and O–H groups in total. The summed E-state index contributed by atoms with van der Waals surface area (Å²) in [6, 6.07) is 12.1. The molecule has 2 aromatic heterocycles. The molecule has 3 aromatic rings. The number of amides is 1. The fourth-order valence-electron chi connectivity index (χ4n) is 2.60. The van der Waals surface area contributed by atoms with Crippen molar-refractivity contribution in [3.8, 4) is 0 Å². The van der Waals surface area contributed by atoms with Gasteiger partial charge in [-0.25, -0.2) is 9.67 Å². The van der Waals surface area contributed by atoms with Crippen LogP contribution in [0.15, 0.2) is 41.8 Å². The maximum atomic E-state index is 12.5. The Morgan fingerprint density at radius 1 is 1.23 bits per heavy atom. The zero-order chi connectivity index (χ0) is 18.7. The fourth-order valence-corrected chi connectivity index (χ4v) is 3.21. The summed E-state index contributed by atoms with van der Waals surface area (Å²) in [6.45, 7) is 8.91. The Morgan fingerprint density at radius 3 is 2.58 bits per heavy atom. The molecule has 26 heavy (non-hydrogen) atoms. The van der Waals surface area contributed by atoms with Gasteiger partial charge in [-0.05, 0) is 12.5 Å². The van der Waals surface area contributed by atoms with E-state index >= 15 is 0 Å². The van der Waals surface area contributed by atoms with E-state index in [0.717, 1.165) is 27.8 Å². The number of thiazole rings is 1. The van der Waals surface area contributed by atoms with Gasteiger partial charge in [0.25, 0.3) is 0 Å². The highest BCUT2D eigenvalue weighted by Gasteiger charge is 2.21. The smallest absolute Gasteiger partial charge is 0.231 e. The Hall–Kier alpha value is -2.47. The van der Waals surface area contributed by atoms with Crippen molar-refractivity contribution in [2.24, 2.45) is 0 Å². The molecule has 1 amide bonds. The van der Waals surface area contributed by atoms with Crippen LogP contribution in [0, 0.1) is 6.92 Å². The number of aryl methyl sites for hydroxylation is 1. The number of aromatic nitrogens is 3. The van der Waals surface area contributed by atoms with Crippen molar-refractivity contribution in [1.82, 2.24) is 14.8 Å². The lowest BCUT2D eigenvalue weighted by Gasteiger charge is -2.14. The van der Waals surface area contributed by atoms with Gasteiger partial charge in [0.05, 0.1) is 29.4 Å². The van der Waals surface area contributed by atoms with E-state index in [-0.39, 0.29) is 17.7 Å². The molecule has 6 heteroatoms. The quantitative estimate of drug-likeness (QED) is 0.735. The lowest BCUT2D eigenvalue weighted by Crippen LogP contribution is -2.18. The predicted molar refractivity (Wildman–Crippen MR) is 106 cm³/mol. The van der Waals surface area contributed by atoms with Gasteiger partial charge < -0.3 is 5.32 Å². The standard InChI is InChI=1S/C20H24N4OS/c1-14-21-16(13-26-14)10-19(25)22-18-11-17(20(2,3)4)23-24(18)12-15-8-6-5-7-9-15/h5-9,11,13H,10,12H2,1-4H3,(H,22,25). The highest BCUT2D eigenvalue weighted by atomic mass is 32.1. The second-order valence-electron chi connectivity index (χ2n) is 7.39. The van der Waals surface area contributed by atoms with E-state index in [2.05, 4.69) is 43.2 Å². The molecule has 2 heterocycles. The summed E-state index contributed by atoms with van der Waals surface area (Å²) in [5.74, 6) is 0.640. The Balaban J connectivity index is 1.81. The zero-order valence-electron chi connectivity index (χ0n) is 15.6. The van der Waals surface area contributed by atoms with Crippen molar-refractivity contribution in [2.75, 3.05) is 5.32 Å². The van der Waals surface area contributed by atoms with E-state index in [1.807, 2.05) is 41.3 Å². The van der Waals surface area contributed by atoms with Crippen LogP contribution in [0.1, 0.15) is 42.7 Å². The second kappa shape index (κ2) is 7.41. The van der Waals surface area contributed by atoms with Gasteiger partial charge in [0, 0.05) is 16.9 Å². The predicted octanol–water partition coefficient (Wildman–Crippen LogP) is 4.18. The SMILES string of the molecule is Cc1nc(CC(=O)Nc2cc(C(C)(C)C)nn2Cc2ccccc2)cs1. The van der Waals surface area contributed by atoms with Crippen LogP contribution in [0.3, 0.4) is 0 Å². The maximum absolute atomic E-state index is 12.5. The number of hydrogen-bond donors (Lipinski definition) is 1. The first kappa shape index (κ1) is 18.3. The minimum atomic E-state index is -0.0898. The summed E-state index contributed by atoms with van der Waals surface area (Å²) in [6.07, 6.45) is 0.270. The molecule has 5 nitrogen and oxygen atoms in total. The number of carbonyl (C=O) groups is 1. The van der Waals surface area contributed by atoms with E-state index in [0.29, 0.717) is 6.54 Å². The van der Waals surface area contributed by atoms with Crippen LogP contribution in [-0.4, -0.2) is 20.7 Å². The van der Waals surface area contributed by atoms with Gasteiger partial charge in [0.2, 0.25) is 5.91 Å². The van der Waals surface area contributed by atoms with Gasteiger partial charge in [-0.15, -0.1) is 11.3 Å². The third-order valence-corrected chi connectivity index (χ3v) is 4.82. The molecular weight excluding hydrogens is 344 g/mol. The number of rotatable bonds is 5. The maximum Gasteiger partial charge on any atom is 0.231 e. The van der Waals surface area contributed by atoms with Crippen LogP contribution in [0.4, 0.5) is 5.82 Å². The van der Waals surface area contributed by atoms with Crippen LogP contribution in [0.2, 0.25) is 0 Å². The second-order valence-corrected chi connectivity index (χ2v) is 8.45. The molecule has 0 fully saturated rings. The van der Waals surface area contributed by atoms with Gasteiger partial charge >= 0.3 is 0 Å². The first-order valence-electron chi connectivity index (χ1n) is 8.64. The monoisotopic (exact) mass is 368 g/mol. The molecule has 0 bridgehead atoms. The van der Waals surface area contributed by atoms with Crippen molar-refractivity contribution in [3.05, 3.63) is 63.7 Å². The van der Waals surface area contributed by atoms with Crippen LogP contribution in [0.5, 0.6) is 0 Å². The average Bonchev–Trinajstić information content (AvgIpc) is 3.15. The number of anilines is 1. The largest absolute Gasteiger partial charge is 0.311 e. The highest BCUT2D eigenvalue weighted by Crippen LogP contribution is 2.25. The molecule has 0 aliphatic heterocycles. The Bertz CT molecular complexity index is 890. The number of benzene rings is 1. The highest BCUT2D eigenvalue weighted by molar-refractivity contribution is 7.09. The molecule has 0 radical (unpaired) electrons. The number of carbonyl (C=O) groups excluding carboxylic acids is 1. The Kier molecular flexibility index (Phi) is 5.23. The molecule has 0 saturated carbocycles. The summed E-state index contributed by atoms with van der Waals surface area (Å²) in [4.78, 5) is 16.8. The third-order valence-electron chi connectivity index (χ3n) is 4.00. The molecular formula is C20H24N4OS. The minimum Gasteiger partial charge on any atom is -0.311 e.